The van der Waals surface area contributed by atoms with Gasteiger partial charge in [-0.25, -0.2) is 4.98 Å². The molecule has 1 aliphatic rings. The molecule has 0 aliphatic carbocycles. The molecule has 0 bridgehead atoms. The number of thiophene rings is 1. The van der Waals surface area contributed by atoms with E-state index in [1.54, 1.807) is 12.3 Å². The van der Waals surface area contributed by atoms with Crippen LogP contribution in [0.25, 0.3) is 0 Å². The summed E-state index contributed by atoms with van der Waals surface area (Å²) in [6, 6.07) is 9.72. The smallest absolute Gasteiger partial charge is 0.213 e. The maximum Gasteiger partial charge on any atom is 0.213 e. The normalized spacial score (nSPS) is 15.2. The second kappa shape index (κ2) is 9.37. The monoisotopic (exact) mass is 484 g/mol. The number of pyridine rings is 2. The Hall–Kier alpha value is -2.09. The molecule has 3 aromatic heterocycles. The fourth-order valence-electron chi connectivity index (χ4n) is 3.73. The van der Waals surface area contributed by atoms with E-state index in [0.29, 0.717) is 17.0 Å². The molecule has 1 aliphatic heterocycles. The highest BCUT2D eigenvalue weighted by Gasteiger charge is 2.20. The minimum Gasteiger partial charge on any atom is -0.355 e. The largest absolute Gasteiger partial charge is 0.355 e. The first kappa shape index (κ1) is 21.2. The molecule has 3 aromatic rings. The number of hydrogen-bond donors (Lipinski definition) is 0. The van der Waals surface area contributed by atoms with E-state index in [0.717, 1.165) is 49.4 Å². The van der Waals surface area contributed by atoms with Crippen LogP contribution in [0, 0.1) is 13.8 Å². The second-order valence-electron chi connectivity index (χ2n) is 7.64. The summed E-state index contributed by atoms with van der Waals surface area (Å²) in [4.78, 5) is 28.3. The van der Waals surface area contributed by atoms with E-state index in [9.17, 15) is 4.79 Å². The maximum atomic E-state index is 13.0. The molecule has 0 spiro atoms. The van der Waals surface area contributed by atoms with Crippen LogP contribution in [-0.4, -0.2) is 46.8 Å². The number of carbonyl (C=O) groups is 1. The van der Waals surface area contributed by atoms with Crippen molar-refractivity contribution >= 4 is 38.9 Å². The van der Waals surface area contributed by atoms with Crippen molar-refractivity contribution in [2.75, 3.05) is 31.1 Å². The van der Waals surface area contributed by atoms with Gasteiger partial charge >= 0.3 is 0 Å². The number of hydrogen-bond acceptors (Lipinski definition) is 6. The molecule has 0 saturated carbocycles. The molecule has 4 rings (SSSR count). The van der Waals surface area contributed by atoms with E-state index in [1.165, 1.54) is 10.4 Å². The van der Waals surface area contributed by atoms with Crippen LogP contribution in [0.3, 0.4) is 0 Å². The third-order valence-corrected chi connectivity index (χ3v) is 6.95. The zero-order valence-corrected chi connectivity index (χ0v) is 19.7. The van der Waals surface area contributed by atoms with E-state index in [-0.39, 0.29) is 5.78 Å². The molecule has 5 nitrogen and oxygen atoms in total. The van der Waals surface area contributed by atoms with E-state index in [2.05, 4.69) is 49.1 Å². The van der Waals surface area contributed by atoms with Gasteiger partial charge in [-0.15, -0.1) is 11.3 Å². The molecule has 4 heterocycles. The van der Waals surface area contributed by atoms with Crippen molar-refractivity contribution in [1.82, 2.24) is 14.9 Å². The Balaban J connectivity index is 1.48. The number of ketones is 1. The van der Waals surface area contributed by atoms with Crippen LogP contribution < -0.4 is 4.90 Å². The third-order valence-electron chi connectivity index (χ3n) is 5.51. The van der Waals surface area contributed by atoms with Gasteiger partial charge in [0, 0.05) is 59.5 Å². The topological polar surface area (TPSA) is 49.3 Å². The van der Waals surface area contributed by atoms with E-state index >= 15 is 0 Å². The highest BCUT2D eigenvalue weighted by atomic mass is 79.9. The highest BCUT2D eigenvalue weighted by molar-refractivity contribution is 9.10. The Labute approximate surface area is 189 Å². The Morgan fingerprint density at radius 3 is 2.83 bits per heavy atom. The first-order valence-electron chi connectivity index (χ1n) is 10.2. The van der Waals surface area contributed by atoms with Crippen LogP contribution in [0.2, 0.25) is 0 Å². The van der Waals surface area contributed by atoms with E-state index in [4.69, 9.17) is 4.98 Å². The lowest BCUT2D eigenvalue weighted by Crippen LogP contribution is -2.31. The number of anilines is 1. The van der Waals surface area contributed by atoms with Crippen molar-refractivity contribution in [1.29, 1.82) is 0 Å². The van der Waals surface area contributed by atoms with Crippen molar-refractivity contribution in [2.45, 2.75) is 26.8 Å². The fourth-order valence-corrected chi connectivity index (χ4v) is 5.01. The lowest BCUT2D eigenvalue weighted by Gasteiger charge is -2.23. The summed E-state index contributed by atoms with van der Waals surface area (Å²) < 4.78 is 0.793. The summed E-state index contributed by atoms with van der Waals surface area (Å²) >= 11 is 5.25. The Bertz CT molecular complexity index is 1050. The van der Waals surface area contributed by atoms with E-state index in [1.807, 2.05) is 36.5 Å². The number of nitrogens with zero attached hydrogens (tertiary/aromatic N) is 4. The standard InChI is InChI=1S/C23H25BrN4OS/c1-16-7-12-30-21(16)15-27-8-4-9-28(11-10-27)22-6-3-5-20(26-22)23(29)19-13-18(24)14-25-17(19)2/h3,5-7,12-14H,4,8-11,15H2,1-2H3. The molecule has 156 valence electrons. The Kier molecular flexibility index (Phi) is 6.61. The van der Waals surface area contributed by atoms with Gasteiger partial charge in [-0.3, -0.25) is 14.7 Å². The summed E-state index contributed by atoms with van der Waals surface area (Å²) in [7, 11) is 0. The molecule has 0 atom stereocenters. The third kappa shape index (κ3) is 4.79. The van der Waals surface area contributed by atoms with Crippen LogP contribution in [0.15, 0.2) is 46.4 Å². The van der Waals surface area contributed by atoms with Crippen molar-refractivity contribution in [2.24, 2.45) is 0 Å². The van der Waals surface area contributed by atoms with Crippen LogP contribution >= 0.6 is 27.3 Å². The molecule has 30 heavy (non-hydrogen) atoms. The lowest BCUT2D eigenvalue weighted by molar-refractivity contribution is 0.103. The van der Waals surface area contributed by atoms with Crippen molar-refractivity contribution in [3.63, 3.8) is 0 Å². The summed E-state index contributed by atoms with van der Waals surface area (Å²) in [5, 5.41) is 2.17. The van der Waals surface area contributed by atoms with Crippen molar-refractivity contribution in [3.8, 4) is 0 Å². The van der Waals surface area contributed by atoms with Crippen LogP contribution in [0.1, 0.15) is 38.6 Å². The number of carbonyl (C=O) groups excluding carboxylic acids is 1. The molecule has 0 amide bonds. The van der Waals surface area contributed by atoms with Crippen molar-refractivity contribution < 1.29 is 4.79 Å². The summed E-state index contributed by atoms with van der Waals surface area (Å²) in [6.07, 6.45) is 2.79. The fraction of sp³-hybridized carbons (Fsp3) is 0.348. The van der Waals surface area contributed by atoms with Crippen molar-refractivity contribution in [3.05, 3.63) is 73.8 Å². The first-order chi connectivity index (χ1) is 14.5. The number of rotatable bonds is 5. The molecular formula is C23H25BrN4OS. The molecule has 0 unspecified atom stereocenters. The number of aromatic nitrogens is 2. The second-order valence-corrected chi connectivity index (χ2v) is 9.56. The molecule has 7 heteroatoms. The lowest BCUT2D eigenvalue weighted by atomic mass is 10.1. The van der Waals surface area contributed by atoms with Gasteiger partial charge in [0.1, 0.15) is 11.5 Å². The molecular weight excluding hydrogens is 460 g/mol. The molecule has 0 aromatic carbocycles. The SMILES string of the molecule is Cc1ccsc1CN1CCCN(c2cccc(C(=O)c3cc(Br)cnc3C)n2)CC1. The Morgan fingerprint density at radius 1 is 1.17 bits per heavy atom. The highest BCUT2D eigenvalue weighted by Crippen LogP contribution is 2.22. The van der Waals surface area contributed by atoms with Gasteiger partial charge in [0.25, 0.3) is 0 Å². The molecule has 1 saturated heterocycles. The van der Waals surface area contributed by atoms with Crippen LogP contribution in [-0.2, 0) is 6.54 Å². The molecule has 0 N–H and O–H groups in total. The minimum atomic E-state index is -0.0900. The summed E-state index contributed by atoms with van der Waals surface area (Å²) in [5.74, 6) is 0.781. The summed E-state index contributed by atoms with van der Waals surface area (Å²) in [6.45, 7) is 8.97. The predicted octanol–water partition coefficient (Wildman–Crippen LogP) is 4.86. The average molecular weight is 485 g/mol. The molecule has 0 radical (unpaired) electrons. The van der Waals surface area contributed by atoms with E-state index < -0.39 is 0 Å². The van der Waals surface area contributed by atoms with Gasteiger partial charge in [-0.05, 0) is 71.4 Å². The zero-order chi connectivity index (χ0) is 21.1. The summed E-state index contributed by atoms with van der Waals surface area (Å²) in [5.41, 5.74) is 3.14. The predicted molar refractivity (Wildman–Crippen MR) is 126 cm³/mol. The molecule has 1 fully saturated rings. The zero-order valence-electron chi connectivity index (χ0n) is 17.3. The maximum absolute atomic E-state index is 13.0. The minimum absolute atomic E-state index is 0.0900. The average Bonchev–Trinajstić information content (AvgIpc) is 3.00. The van der Waals surface area contributed by atoms with Crippen LogP contribution in [0.4, 0.5) is 5.82 Å². The van der Waals surface area contributed by atoms with Crippen LogP contribution in [0.5, 0.6) is 0 Å². The van der Waals surface area contributed by atoms with Gasteiger partial charge < -0.3 is 4.90 Å². The van der Waals surface area contributed by atoms with Gasteiger partial charge in [0.2, 0.25) is 5.78 Å². The van der Waals surface area contributed by atoms with Gasteiger partial charge in [0.15, 0.2) is 0 Å². The number of halogens is 1. The Morgan fingerprint density at radius 2 is 2.03 bits per heavy atom. The number of aryl methyl sites for hydroxylation is 2. The first-order valence-corrected chi connectivity index (χ1v) is 11.8. The van der Waals surface area contributed by atoms with Gasteiger partial charge in [-0.1, -0.05) is 6.07 Å². The quantitative estimate of drug-likeness (QED) is 0.483. The van der Waals surface area contributed by atoms with Gasteiger partial charge in [-0.2, -0.15) is 0 Å². The van der Waals surface area contributed by atoms with Gasteiger partial charge in [0.05, 0.1) is 0 Å².